The lowest BCUT2D eigenvalue weighted by atomic mass is 10.0. The first-order chi connectivity index (χ1) is 15.9. The monoisotopic (exact) mass is 451 g/mol. The number of carbonyl (C=O) groups is 2. The molecule has 2 aromatic carbocycles. The third-order valence-electron chi connectivity index (χ3n) is 5.97. The van der Waals surface area contributed by atoms with E-state index in [1.807, 2.05) is 0 Å². The van der Waals surface area contributed by atoms with Gasteiger partial charge in [0, 0.05) is 17.7 Å². The second kappa shape index (κ2) is 9.32. The summed E-state index contributed by atoms with van der Waals surface area (Å²) in [5.41, 5.74) is 13.4. The summed E-state index contributed by atoms with van der Waals surface area (Å²) in [6.45, 7) is -0.0682. The summed E-state index contributed by atoms with van der Waals surface area (Å²) in [6.07, 6.45) is 3.98. The zero-order valence-corrected chi connectivity index (χ0v) is 18.3. The molecule has 1 aliphatic carbocycles. The molecule has 0 spiro atoms. The number of para-hydroxylation sites is 1. The maximum atomic E-state index is 14.6. The van der Waals surface area contributed by atoms with Crippen molar-refractivity contribution in [1.29, 1.82) is 0 Å². The second-order valence-corrected chi connectivity index (χ2v) is 8.05. The van der Waals surface area contributed by atoms with Crippen molar-refractivity contribution in [3.8, 4) is 17.0 Å². The Bertz CT molecular complexity index is 1200. The van der Waals surface area contributed by atoms with Crippen LogP contribution in [0.3, 0.4) is 0 Å². The summed E-state index contributed by atoms with van der Waals surface area (Å²) in [5.74, 6) is -0.946. The highest BCUT2D eigenvalue weighted by atomic mass is 19.1. The Labute approximate surface area is 190 Å². The number of primary amides is 1. The molecule has 0 radical (unpaired) electrons. The van der Waals surface area contributed by atoms with Crippen molar-refractivity contribution in [2.24, 2.45) is 5.73 Å². The van der Waals surface area contributed by atoms with Crippen LogP contribution in [0.2, 0.25) is 0 Å². The van der Waals surface area contributed by atoms with Gasteiger partial charge in [-0.3, -0.25) is 9.59 Å². The molecule has 1 aromatic heterocycles. The summed E-state index contributed by atoms with van der Waals surface area (Å²) < 4.78 is 21.4. The average Bonchev–Trinajstić information content (AvgIpc) is 3.46. The van der Waals surface area contributed by atoms with Crippen LogP contribution < -0.4 is 21.5 Å². The van der Waals surface area contributed by atoms with Crippen LogP contribution in [0.5, 0.6) is 5.75 Å². The number of aromatic nitrogens is 2. The minimum Gasteiger partial charge on any atom is -0.496 e. The number of nitrogen functional groups attached to an aromatic ring is 1. The van der Waals surface area contributed by atoms with E-state index in [0.717, 1.165) is 25.7 Å². The van der Waals surface area contributed by atoms with E-state index in [0.29, 0.717) is 22.6 Å². The number of rotatable bonds is 7. The maximum Gasteiger partial charge on any atom is 0.255 e. The van der Waals surface area contributed by atoms with E-state index >= 15 is 0 Å². The first-order valence-corrected chi connectivity index (χ1v) is 10.8. The van der Waals surface area contributed by atoms with Gasteiger partial charge < -0.3 is 21.5 Å². The van der Waals surface area contributed by atoms with Crippen LogP contribution in [0.15, 0.2) is 42.5 Å². The number of anilines is 1. The molecule has 1 aliphatic rings. The summed E-state index contributed by atoms with van der Waals surface area (Å²) >= 11 is 0. The van der Waals surface area contributed by atoms with Crippen molar-refractivity contribution in [2.75, 3.05) is 12.8 Å². The lowest BCUT2D eigenvalue weighted by Gasteiger charge is -2.11. The Hall–Kier alpha value is -3.88. The van der Waals surface area contributed by atoms with Crippen LogP contribution >= 0.6 is 0 Å². The number of halogens is 1. The number of amides is 2. The van der Waals surface area contributed by atoms with Crippen LogP contribution in [0.4, 0.5) is 10.2 Å². The van der Waals surface area contributed by atoms with Crippen molar-refractivity contribution in [3.05, 3.63) is 65.0 Å². The molecular formula is C24H26FN5O3. The number of hydrogen-bond donors (Lipinski definition) is 3. The molecule has 1 saturated carbocycles. The van der Waals surface area contributed by atoms with E-state index < -0.39 is 17.6 Å². The van der Waals surface area contributed by atoms with Gasteiger partial charge in [-0.1, -0.05) is 25.0 Å². The highest BCUT2D eigenvalue weighted by molar-refractivity contribution is 6.03. The minimum absolute atomic E-state index is 0.0682. The Morgan fingerprint density at radius 2 is 1.94 bits per heavy atom. The van der Waals surface area contributed by atoms with E-state index in [2.05, 4.69) is 10.4 Å². The predicted molar refractivity (Wildman–Crippen MR) is 122 cm³/mol. The van der Waals surface area contributed by atoms with Gasteiger partial charge in [0.05, 0.1) is 18.7 Å². The quantitative estimate of drug-likeness (QED) is 0.508. The van der Waals surface area contributed by atoms with Gasteiger partial charge in [0.25, 0.3) is 11.8 Å². The smallest absolute Gasteiger partial charge is 0.255 e. The van der Waals surface area contributed by atoms with E-state index in [1.165, 1.54) is 19.2 Å². The third-order valence-corrected chi connectivity index (χ3v) is 5.97. The Balaban J connectivity index is 1.63. The molecule has 9 heteroatoms. The molecule has 0 saturated heterocycles. The molecule has 33 heavy (non-hydrogen) atoms. The zero-order chi connectivity index (χ0) is 23.5. The predicted octanol–water partition coefficient (Wildman–Crippen LogP) is 3.42. The molecule has 8 nitrogen and oxygen atoms in total. The molecule has 2 amide bonds. The number of hydrogen-bond acceptors (Lipinski definition) is 5. The molecule has 5 N–H and O–H groups in total. The molecule has 1 fully saturated rings. The fraction of sp³-hybridized carbons (Fsp3) is 0.292. The van der Waals surface area contributed by atoms with Gasteiger partial charge >= 0.3 is 0 Å². The topological polar surface area (TPSA) is 125 Å². The molecule has 4 rings (SSSR count). The van der Waals surface area contributed by atoms with E-state index in [9.17, 15) is 14.0 Å². The second-order valence-electron chi connectivity index (χ2n) is 8.05. The van der Waals surface area contributed by atoms with Gasteiger partial charge in [0.2, 0.25) is 0 Å². The van der Waals surface area contributed by atoms with Gasteiger partial charge in [-0.05, 0) is 43.2 Å². The van der Waals surface area contributed by atoms with Crippen molar-refractivity contribution < 1.29 is 18.7 Å². The minimum atomic E-state index is -0.693. The van der Waals surface area contributed by atoms with Gasteiger partial charge in [0.1, 0.15) is 28.6 Å². The summed E-state index contributed by atoms with van der Waals surface area (Å²) in [4.78, 5) is 24.8. The molecule has 0 atom stereocenters. The Kier molecular flexibility index (Phi) is 6.30. The average molecular weight is 452 g/mol. The maximum absolute atomic E-state index is 14.6. The van der Waals surface area contributed by atoms with Crippen LogP contribution in [0.1, 0.15) is 58.0 Å². The van der Waals surface area contributed by atoms with Crippen LogP contribution in [-0.4, -0.2) is 28.7 Å². The fourth-order valence-electron chi connectivity index (χ4n) is 4.28. The molecular weight excluding hydrogens is 425 g/mol. The highest BCUT2D eigenvalue weighted by Crippen LogP contribution is 2.35. The molecule has 1 heterocycles. The SMILES string of the molecule is COc1ccccc1C(=O)NCc1cc(-c2nn(C3CCCC3)c(N)c2C(N)=O)ccc1F. The van der Waals surface area contributed by atoms with Crippen molar-refractivity contribution in [3.63, 3.8) is 0 Å². The number of ether oxygens (including phenoxy) is 1. The van der Waals surface area contributed by atoms with E-state index in [4.69, 9.17) is 16.2 Å². The van der Waals surface area contributed by atoms with Crippen LogP contribution in [0.25, 0.3) is 11.3 Å². The van der Waals surface area contributed by atoms with Crippen molar-refractivity contribution in [1.82, 2.24) is 15.1 Å². The summed E-state index contributed by atoms with van der Waals surface area (Å²) in [7, 11) is 1.47. The number of nitrogens with one attached hydrogen (secondary N) is 1. The first kappa shape index (κ1) is 22.3. The first-order valence-electron chi connectivity index (χ1n) is 10.8. The standard InChI is InChI=1S/C24H26FN5O3/c1-33-19-9-5-4-8-17(19)24(32)28-13-15-12-14(10-11-18(15)25)21-20(23(27)31)22(26)30(29-21)16-6-2-3-7-16/h4-5,8-12,16H,2-3,6-7,13,26H2,1H3,(H2,27,31)(H,28,32). The highest BCUT2D eigenvalue weighted by Gasteiger charge is 2.27. The number of nitrogens with zero attached hydrogens (tertiary/aromatic N) is 2. The number of methoxy groups -OCH3 is 1. The Morgan fingerprint density at radius 3 is 2.64 bits per heavy atom. The molecule has 172 valence electrons. The van der Waals surface area contributed by atoms with Crippen LogP contribution in [-0.2, 0) is 6.54 Å². The normalized spacial score (nSPS) is 13.8. The molecule has 0 bridgehead atoms. The summed E-state index contributed by atoms with van der Waals surface area (Å²) in [5, 5.41) is 7.29. The van der Waals surface area contributed by atoms with Gasteiger partial charge in [-0.2, -0.15) is 5.10 Å². The van der Waals surface area contributed by atoms with E-state index in [-0.39, 0.29) is 29.5 Å². The largest absolute Gasteiger partial charge is 0.496 e. The fourth-order valence-corrected chi connectivity index (χ4v) is 4.28. The van der Waals surface area contributed by atoms with Crippen molar-refractivity contribution >= 4 is 17.6 Å². The van der Waals surface area contributed by atoms with Gasteiger partial charge in [0.15, 0.2) is 0 Å². The summed E-state index contributed by atoms with van der Waals surface area (Å²) in [6, 6.07) is 11.2. The molecule has 0 aliphatic heterocycles. The van der Waals surface area contributed by atoms with Gasteiger partial charge in [-0.15, -0.1) is 0 Å². The lowest BCUT2D eigenvalue weighted by Crippen LogP contribution is -2.23. The lowest BCUT2D eigenvalue weighted by molar-refractivity contribution is 0.0946. The van der Waals surface area contributed by atoms with Gasteiger partial charge in [-0.25, -0.2) is 9.07 Å². The molecule has 0 unspecified atom stereocenters. The third kappa shape index (κ3) is 4.39. The molecule has 3 aromatic rings. The van der Waals surface area contributed by atoms with Crippen LogP contribution in [0, 0.1) is 5.82 Å². The number of benzene rings is 2. The number of nitrogens with two attached hydrogens (primary N) is 2. The zero-order valence-electron chi connectivity index (χ0n) is 18.3. The number of carbonyl (C=O) groups excluding carboxylic acids is 2. The van der Waals surface area contributed by atoms with Crippen molar-refractivity contribution in [2.45, 2.75) is 38.3 Å². The Morgan fingerprint density at radius 1 is 1.21 bits per heavy atom. The van der Waals surface area contributed by atoms with E-state index in [1.54, 1.807) is 35.0 Å².